The molecule has 0 fully saturated rings. The lowest BCUT2D eigenvalue weighted by molar-refractivity contribution is 0.439. The molecule has 0 saturated heterocycles. The smallest absolute Gasteiger partial charge is 0.322 e. The molecule has 0 bridgehead atoms. The van der Waals surface area contributed by atoms with Crippen LogP contribution in [0.2, 0.25) is 5.02 Å². The first kappa shape index (κ1) is 12.8. The van der Waals surface area contributed by atoms with E-state index in [-0.39, 0.29) is 6.01 Å². The van der Waals surface area contributed by atoms with Gasteiger partial charge in [-0.15, -0.1) is 0 Å². The molecule has 1 aromatic heterocycles. The van der Waals surface area contributed by atoms with Crippen molar-refractivity contribution in [3.05, 3.63) is 59.2 Å². The molecule has 0 radical (unpaired) electrons. The second-order valence-corrected chi connectivity index (χ2v) is 4.64. The number of para-hydroxylation sites is 1. The topological polar surface area (TPSA) is 61.0 Å². The van der Waals surface area contributed by atoms with Crippen LogP contribution in [-0.2, 0) is 6.54 Å². The number of nitrogens with zero attached hydrogens (tertiary/aromatic N) is 2. The van der Waals surface area contributed by atoms with Crippen LogP contribution in [0.5, 0.6) is 11.8 Å². The first-order chi connectivity index (χ1) is 9.78. The molecule has 0 aliphatic rings. The Morgan fingerprint density at radius 2 is 1.95 bits per heavy atom. The van der Waals surface area contributed by atoms with Crippen LogP contribution in [-0.4, -0.2) is 9.97 Å². The molecule has 0 aliphatic carbocycles. The third-order valence-corrected chi connectivity index (χ3v) is 3.30. The molecule has 4 nitrogen and oxygen atoms in total. The average Bonchev–Trinajstić information content (AvgIpc) is 2.47. The molecule has 3 aromatic rings. The fraction of sp³-hybridized carbons (Fsp3) is 0.0667. The van der Waals surface area contributed by atoms with Crippen LogP contribution in [0.15, 0.2) is 48.7 Å². The van der Waals surface area contributed by atoms with Crippen molar-refractivity contribution >= 4 is 22.5 Å². The maximum Gasteiger partial charge on any atom is 0.322 e. The fourth-order valence-corrected chi connectivity index (χ4v) is 2.18. The minimum atomic E-state index is 0.278. The number of aromatic nitrogens is 2. The highest BCUT2D eigenvalue weighted by molar-refractivity contribution is 6.31. The summed E-state index contributed by atoms with van der Waals surface area (Å²) in [6.07, 6.45) is 1.73. The first-order valence-electron chi connectivity index (χ1n) is 6.15. The van der Waals surface area contributed by atoms with E-state index in [4.69, 9.17) is 22.1 Å². The highest BCUT2D eigenvalue weighted by atomic mass is 35.5. The highest BCUT2D eigenvalue weighted by Gasteiger charge is 2.09. The summed E-state index contributed by atoms with van der Waals surface area (Å²) in [7, 11) is 0. The van der Waals surface area contributed by atoms with Crippen molar-refractivity contribution < 1.29 is 4.74 Å². The molecule has 2 aromatic carbocycles. The summed E-state index contributed by atoms with van der Waals surface area (Å²) in [6, 6.07) is 13.4. The van der Waals surface area contributed by atoms with E-state index >= 15 is 0 Å². The van der Waals surface area contributed by atoms with Crippen molar-refractivity contribution in [2.45, 2.75) is 6.54 Å². The lowest BCUT2D eigenvalue weighted by atomic mass is 10.2. The monoisotopic (exact) mass is 285 g/mol. The Bertz CT molecular complexity index is 761. The van der Waals surface area contributed by atoms with Crippen LogP contribution in [0.4, 0.5) is 0 Å². The van der Waals surface area contributed by atoms with E-state index in [0.29, 0.717) is 17.3 Å². The zero-order chi connectivity index (χ0) is 13.9. The normalized spacial score (nSPS) is 10.7. The number of hydrogen-bond acceptors (Lipinski definition) is 4. The number of halogens is 1. The highest BCUT2D eigenvalue weighted by Crippen LogP contribution is 2.29. The van der Waals surface area contributed by atoms with Gasteiger partial charge in [0.2, 0.25) is 0 Å². The van der Waals surface area contributed by atoms with E-state index in [1.807, 2.05) is 24.3 Å². The number of ether oxygens (including phenoxy) is 1. The van der Waals surface area contributed by atoms with Crippen molar-refractivity contribution in [2.75, 3.05) is 0 Å². The van der Waals surface area contributed by atoms with Crippen LogP contribution in [0, 0.1) is 0 Å². The van der Waals surface area contributed by atoms with Crippen molar-refractivity contribution in [3.63, 3.8) is 0 Å². The Hall–Kier alpha value is -2.17. The van der Waals surface area contributed by atoms with Crippen LogP contribution < -0.4 is 10.5 Å². The van der Waals surface area contributed by atoms with E-state index in [1.54, 1.807) is 24.4 Å². The van der Waals surface area contributed by atoms with Gasteiger partial charge in [0.05, 0.1) is 5.52 Å². The standard InChI is InChI=1S/C15H12ClN3O/c16-12-5-3-7-14(11(12)8-17)20-15-18-9-10-4-1-2-6-13(10)19-15/h1-7,9H,8,17H2. The lowest BCUT2D eigenvalue weighted by Crippen LogP contribution is -2.01. The van der Waals surface area contributed by atoms with Gasteiger partial charge in [-0.3, -0.25) is 0 Å². The molecular formula is C15H12ClN3O. The van der Waals surface area contributed by atoms with Gasteiger partial charge in [0.25, 0.3) is 0 Å². The van der Waals surface area contributed by atoms with Crippen molar-refractivity contribution in [2.24, 2.45) is 5.73 Å². The molecule has 0 aliphatic heterocycles. The third-order valence-electron chi connectivity index (χ3n) is 2.95. The molecule has 2 N–H and O–H groups in total. The Labute approximate surface area is 121 Å². The second kappa shape index (κ2) is 5.45. The van der Waals surface area contributed by atoms with Gasteiger partial charge in [-0.05, 0) is 18.2 Å². The second-order valence-electron chi connectivity index (χ2n) is 4.23. The van der Waals surface area contributed by atoms with Crippen LogP contribution in [0.1, 0.15) is 5.56 Å². The van der Waals surface area contributed by atoms with Crippen LogP contribution >= 0.6 is 11.6 Å². The summed E-state index contributed by atoms with van der Waals surface area (Å²) < 4.78 is 5.70. The molecule has 0 unspecified atom stereocenters. The molecule has 3 rings (SSSR count). The Morgan fingerprint density at radius 3 is 2.80 bits per heavy atom. The summed E-state index contributed by atoms with van der Waals surface area (Å²) in [5.74, 6) is 0.579. The lowest BCUT2D eigenvalue weighted by Gasteiger charge is -2.10. The Kier molecular flexibility index (Phi) is 3.50. The van der Waals surface area contributed by atoms with Gasteiger partial charge < -0.3 is 10.5 Å². The SMILES string of the molecule is NCc1c(Cl)cccc1Oc1ncc2ccccc2n1. The molecule has 0 saturated carbocycles. The minimum Gasteiger partial charge on any atom is -0.424 e. The van der Waals surface area contributed by atoms with E-state index in [1.165, 1.54) is 0 Å². The minimum absolute atomic E-state index is 0.278. The third kappa shape index (κ3) is 2.43. The molecule has 0 amide bonds. The largest absolute Gasteiger partial charge is 0.424 e. The van der Waals surface area contributed by atoms with Gasteiger partial charge >= 0.3 is 6.01 Å². The van der Waals surface area contributed by atoms with Gasteiger partial charge in [0.1, 0.15) is 5.75 Å². The number of fused-ring (bicyclic) bond motifs is 1. The van der Waals surface area contributed by atoms with E-state index in [9.17, 15) is 0 Å². The van der Waals surface area contributed by atoms with Gasteiger partial charge in [-0.1, -0.05) is 35.9 Å². The number of benzene rings is 2. The van der Waals surface area contributed by atoms with Gasteiger partial charge in [-0.2, -0.15) is 4.98 Å². The molecule has 100 valence electrons. The molecule has 1 heterocycles. The first-order valence-corrected chi connectivity index (χ1v) is 6.53. The summed E-state index contributed by atoms with van der Waals surface area (Å²) in [4.78, 5) is 8.55. The van der Waals surface area contributed by atoms with Crippen LogP contribution in [0.3, 0.4) is 0 Å². The molecular weight excluding hydrogens is 274 g/mol. The van der Waals surface area contributed by atoms with E-state index in [0.717, 1.165) is 16.5 Å². The maximum absolute atomic E-state index is 6.09. The molecule has 0 spiro atoms. The molecule has 20 heavy (non-hydrogen) atoms. The Morgan fingerprint density at radius 1 is 1.10 bits per heavy atom. The summed E-state index contributed by atoms with van der Waals surface area (Å²) >= 11 is 6.09. The maximum atomic E-state index is 6.09. The van der Waals surface area contributed by atoms with Crippen molar-refractivity contribution in [1.29, 1.82) is 0 Å². The number of hydrogen-bond donors (Lipinski definition) is 1. The quantitative estimate of drug-likeness (QED) is 0.799. The van der Waals surface area contributed by atoms with Gasteiger partial charge in [0.15, 0.2) is 0 Å². The molecule has 0 atom stereocenters. The van der Waals surface area contributed by atoms with Gasteiger partial charge in [0, 0.05) is 28.7 Å². The fourth-order valence-electron chi connectivity index (χ4n) is 1.94. The van der Waals surface area contributed by atoms with Crippen molar-refractivity contribution in [1.82, 2.24) is 9.97 Å². The number of rotatable bonds is 3. The summed E-state index contributed by atoms with van der Waals surface area (Å²) in [6.45, 7) is 0.294. The Balaban J connectivity index is 1.99. The predicted octanol–water partition coefficient (Wildman–Crippen LogP) is 3.53. The average molecular weight is 286 g/mol. The number of nitrogens with two attached hydrogens (primary N) is 1. The van der Waals surface area contributed by atoms with E-state index in [2.05, 4.69) is 9.97 Å². The van der Waals surface area contributed by atoms with E-state index < -0.39 is 0 Å². The molecule has 5 heteroatoms. The summed E-state index contributed by atoms with van der Waals surface area (Å²) in [5.41, 5.74) is 7.26. The van der Waals surface area contributed by atoms with Crippen LogP contribution in [0.25, 0.3) is 10.9 Å². The van der Waals surface area contributed by atoms with Gasteiger partial charge in [-0.25, -0.2) is 4.98 Å². The zero-order valence-electron chi connectivity index (χ0n) is 10.6. The summed E-state index contributed by atoms with van der Waals surface area (Å²) in [5, 5.41) is 1.54. The van der Waals surface area contributed by atoms with Crippen molar-refractivity contribution in [3.8, 4) is 11.8 Å². The predicted molar refractivity (Wildman–Crippen MR) is 79.0 cm³/mol. The zero-order valence-corrected chi connectivity index (χ0v) is 11.3.